The molecule has 1 aromatic carbocycles. The smallest absolute Gasteiger partial charge is 0.416 e. The largest absolute Gasteiger partial charge is 0.507 e. The van der Waals surface area contributed by atoms with Crippen molar-refractivity contribution in [2.75, 3.05) is 0 Å². The van der Waals surface area contributed by atoms with Crippen molar-refractivity contribution in [2.45, 2.75) is 36.5 Å². The summed E-state index contributed by atoms with van der Waals surface area (Å²) >= 11 is 0. The molecule has 3 fully saturated rings. The van der Waals surface area contributed by atoms with E-state index in [1.807, 2.05) is 4.57 Å². The number of hydrogen-bond donors (Lipinski definition) is 2. The van der Waals surface area contributed by atoms with Gasteiger partial charge in [0.2, 0.25) is 0 Å². The molecule has 8 heteroatoms. The number of imidazole rings is 1. The van der Waals surface area contributed by atoms with Crippen LogP contribution >= 0.6 is 12.4 Å². The van der Waals surface area contributed by atoms with E-state index in [0.29, 0.717) is 11.3 Å². The van der Waals surface area contributed by atoms with E-state index in [-0.39, 0.29) is 23.5 Å². The maximum atomic E-state index is 12.6. The highest BCUT2D eigenvalue weighted by atomic mass is 35.5. The monoisotopic (exact) mass is 345 g/mol. The van der Waals surface area contributed by atoms with Gasteiger partial charge in [0.1, 0.15) is 5.75 Å². The van der Waals surface area contributed by atoms with Crippen LogP contribution in [0.1, 0.15) is 24.8 Å². The van der Waals surface area contributed by atoms with Crippen LogP contribution < -0.4 is 5.73 Å². The van der Waals surface area contributed by atoms with Crippen LogP contribution in [0.15, 0.2) is 30.7 Å². The first kappa shape index (κ1) is 16.1. The van der Waals surface area contributed by atoms with Gasteiger partial charge >= 0.3 is 6.18 Å². The normalized spacial score (nSPS) is 28.5. The van der Waals surface area contributed by atoms with Gasteiger partial charge in [0.05, 0.1) is 23.1 Å². The highest BCUT2D eigenvalue weighted by Crippen LogP contribution is 2.63. The standard InChI is InChI=1S/C15H14F3N3O.ClH/c16-15(17,18)9-1-2-10(12(22)3-9)11-4-21(8-20-11)14-5-13(19,6-14)7-14;/h1-4,8,22H,5-7,19H2;1H. The summed E-state index contributed by atoms with van der Waals surface area (Å²) in [7, 11) is 0. The topological polar surface area (TPSA) is 64.1 Å². The first-order chi connectivity index (χ1) is 10.2. The zero-order chi connectivity index (χ0) is 15.8. The molecule has 0 unspecified atom stereocenters. The fourth-order valence-electron chi connectivity index (χ4n) is 3.73. The SMILES string of the molecule is Cl.NC12CC(n3cnc(-c4ccc(C(F)(F)F)cc4O)c3)(C1)C2. The minimum Gasteiger partial charge on any atom is -0.507 e. The van der Waals surface area contributed by atoms with Crippen LogP contribution in [0.2, 0.25) is 0 Å². The third-order valence-corrected chi connectivity index (χ3v) is 4.77. The van der Waals surface area contributed by atoms with Crippen LogP contribution in [0.3, 0.4) is 0 Å². The Labute approximate surface area is 136 Å². The van der Waals surface area contributed by atoms with Gasteiger partial charge in [-0.15, -0.1) is 12.4 Å². The number of halogens is 4. The van der Waals surface area contributed by atoms with E-state index in [9.17, 15) is 18.3 Å². The number of nitrogens with zero attached hydrogens (tertiary/aromatic N) is 2. The van der Waals surface area contributed by atoms with E-state index in [4.69, 9.17) is 5.73 Å². The van der Waals surface area contributed by atoms with Gasteiger partial charge in [-0.05, 0) is 37.5 Å². The van der Waals surface area contributed by atoms with Crippen molar-refractivity contribution in [3.8, 4) is 17.0 Å². The van der Waals surface area contributed by atoms with Gasteiger partial charge in [-0.2, -0.15) is 13.2 Å². The second kappa shape index (κ2) is 4.64. The lowest BCUT2D eigenvalue weighted by atomic mass is 9.44. The first-order valence-electron chi connectivity index (χ1n) is 6.95. The Balaban J connectivity index is 0.00000156. The third kappa shape index (κ3) is 2.30. The predicted octanol–water partition coefficient (Wildman–Crippen LogP) is 3.29. The summed E-state index contributed by atoms with van der Waals surface area (Å²) in [6, 6.07) is 2.92. The summed E-state index contributed by atoms with van der Waals surface area (Å²) in [5.41, 5.74) is 5.88. The van der Waals surface area contributed by atoms with E-state index in [1.54, 1.807) is 12.5 Å². The molecule has 0 atom stereocenters. The predicted molar refractivity (Wildman–Crippen MR) is 80.3 cm³/mol. The van der Waals surface area contributed by atoms with Gasteiger partial charge < -0.3 is 15.4 Å². The van der Waals surface area contributed by atoms with Crippen molar-refractivity contribution in [1.82, 2.24) is 9.55 Å². The molecule has 2 aromatic rings. The van der Waals surface area contributed by atoms with Crippen molar-refractivity contribution < 1.29 is 18.3 Å². The molecule has 1 aromatic heterocycles. The Bertz CT molecular complexity index is 752. The van der Waals surface area contributed by atoms with Crippen LogP contribution in [0.4, 0.5) is 13.2 Å². The second-order valence-corrected chi connectivity index (χ2v) is 6.51. The van der Waals surface area contributed by atoms with Gasteiger partial charge in [-0.3, -0.25) is 0 Å². The molecule has 3 N–H and O–H groups in total. The second-order valence-electron chi connectivity index (χ2n) is 6.51. The Morgan fingerprint density at radius 3 is 2.39 bits per heavy atom. The van der Waals surface area contributed by atoms with Crippen molar-refractivity contribution in [3.63, 3.8) is 0 Å². The highest BCUT2D eigenvalue weighted by molar-refractivity contribution is 5.85. The number of aromatic hydroxyl groups is 1. The summed E-state index contributed by atoms with van der Waals surface area (Å²) in [6.45, 7) is 0. The van der Waals surface area contributed by atoms with Crippen LogP contribution in [0.5, 0.6) is 5.75 Å². The zero-order valence-corrected chi connectivity index (χ0v) is 12.8. The quantitative estimate of drug-likeness (QED) is 0.878. The van der Waals surface area contributed by atoms with E-state index in [2.05, 4.69) is 4.98 Å². The number of rotatable bonds is 2. The van der Waals surface area contributed by atoms with Gasteiger partial charge in [0.15, 0.2) is 0 Å². The summed E-state index contributed by atoms with van der Waals surface area (Å²) < 4.78 is 39.8. The van der Waals surface area contributed by atoms with E-state index in [0.717, 1.165) is 31.4 Å². The molecule has 2 bridgehead atoms. The molecule has 124 valence electrons. The lowest BCUT2D eigenvalue weighted by Gasteiger charge is -2.69. The summed E-state index contributed by atoms with van der Waals surface area (Å²) in [6.07, 6.45) is 1.64. The number of alkyl halides is 3. The molecule has 3 aliphatic carbocycles. The molecule has 4 nitrogen and oxygen atoms in total. The molecular formula is C15H15ClF3N3O. The maximum absolute atomic E-state index is 12.6. The number of nitrogens with two attached hydrogens (primary N) is 1. The Kier molecular flexibility index (Phi) is 3.26. The summed E-state index contributed by atoms with van der Waals surface area (Å²) in [4.78, 5) is 4.22. The van der Waals surface area contributed by atoms with Gasteiger partial charge in [0, 0.05) is 17.3 Å². The molecule has 0 radical (unpaired) electrons. The molecule has 23 heavy (non-hydrogen) atoms. The van der Waals surface area contributed by atoms with E-state index >= 15 is 0 Å². The summed E-state index contributed by atoms with van der Waals surface area (Å²) in [5.74, 6) is -0.423. The Morgan fingerprint density at radius 1 is 1.22 bits per heavy atom. The maximum Gasteiger partial charge on any atom is 0.416 e. The zero-order valence-electron chi connectivity index (χ0n) is 12.0. The number of aromatic nitrogens is 2. The molecule has 1 heterocycles. The molecule has 0 aliphatic heterocycles. The minimum absolute atomic E-state index is 0. The Morgan fingerprint density at radius 2 is 1.87 bits per heavy atom. The highest BCUT2D eigenvalue weighted by Gasteiger charge is 2.67. The number of benzene rings is 1. The lowest BCUT2D eigenvalue weighted by Crippen LogP contribution is -2.76. The van der Waals surface area contributed by atoms with Crippen molar-refractivity contribution >= 4 is 12.4 Å². The van der Waals surface area contributed by atoms with Crippen molar-refractivity contribution in [2.24, 2.45) is 5.73 Å². The number of phenolic OH excluding ortho intramolecular Hbond substituents is 1. The summed E-state index contributed by atoms with van der Waals surface area (Å²) in [5, 5.41) is 9.87. The molecule has 3 aliphatic rings. The molecule has 0 spiro atoms. The molecule has 0 saturated heterocycles. The third-order valence-electron chi connectivity index (χ3n) is 4.77. The average molecular weight is 346 g/mol. The fraction of sp³-hybridized carbons (Fsp3) is 0.400. The lowest BCUT2D eigenvalue weighted by molar-refractivity contribution is -0.137. The van der Waals surface area contributed by atoms with Crippen LogP contribution in [0.25, 0.3) is 11.3 Å². The molecular weight excluding hydrogens is 331 g/mol. The van der Waals surface area contributed by atoms with E-state index < -0.39 is 17.5 Å². The molecule has 5 rings (SSSR count). The first-order valence-corrected chi connectivity index (χ1v) is 6.95. The molecule has 3 saturated carbocycles. The van der Waals surface area contributed by atoms with Gasteiger partial charge in [-0.25, -0.2) is 4.98 Å². The average Bonchev–Trinajstić information content (AvgIpc) is 2.82. The van der Waals surface area contributed by atoms with Crippen LogP contribution in [-0.2, 0) is 11.7 Å². The van der Waals surface area contributed by atoms with Crippen LogP contribution in [0, 0.1) is 0 Å². The minimum atomic E-state index is -4.48. The van der Waals surface area contributed by atoms with Crippen molar-refractivity contribution in [1.29, 1.82) is 0 Å². The van der Waals surface area contributed by atoms with Crippen LogP contribution in [-0.4, -0.2) is 20.2 Å². The van der Waals surface area contributed by atoms with E-state index in [1.165, 1.54) is 6.07 Å². The van der Waals surface area contributed by atoms with Crippen molar-refractivity contribution in [3.05, 3.63) is 36.3 Å². The number of phenols is 1. The Hall–Kier alpha value is -1.73. The fourth-order valence-corrected chi connectivity index (χ4v) is 3.73. The van der Waals surface area contributed by atoms with Gasteiger partial charge in [-0.1, -0.05) is 0 Å². The van der Waals surface area contributed by atoms with Gasteiger partial charge in [0.25, 0.3) is 0 Å². The number of hydrogen-bond acceptors (Lipinski definition) is 3. The molecule has 0 amide bonds.